The molecule has 0 unspecified atom stereocenters. The number of hydrogen-bond donors (Lipinski definition) is 2. The van der Waals surface area contributed by atoms with E-state index in [1.54, 1.807) is 18.2 Å². The first-order valence-electron chi connectivity index (χ1n) is 5.30. The maximum Gasteiger partial charge on any atom is 0.221 e. The number of aliphatic hydroxyl groups is 1. The molecule has 0 saturated heterocycles. The van der Waals surface area contributed by atoms with Crippen LogP contribution >= 0.6 is 11.6 Å². The summed E-state index contributed by atoms with van der Waals surface area (Å²) >= 11 is 6.11. The summed E-state index contributed by atoms with van der Waals surface area (Å²) in [5.41, 5.74) is 1.21. The fourth-order valence-corrected chi connectivity index (χ4v) is 1.82. The second-order valence-electron chi connectivity index (χ2n) is 3.69. The standard InChI is InChI=1S/C12H16ClNO2/c1-3-5-11(16)9-6-4-7-10(12(9)13)14-8(2)15/h4,6-7,11,16H,3,5H2,1-2H3,(H,14,15)/t11-/m1/s1. The van der Waals surface area contributed by atoms with Crippen molar-refractivity contribution in [2.24, 2.45) is 0 Å². The zero-order chi connectivity index (χ0) is 12.1. The molecule has 0 radical (unpaired) electrons. The Morgan fingerprint density at radius 1 is 1.56 bits per heavy atom. The van der Waals surface area contributed by atoms with E-state index in [-0.39, 0.29) is 5.91 Å². The predicted octanol–water partition coefficient (Wildman–Crippen LogP) is 3.13. The SMILES string of the molecule is CCC[C@@H](O)c1cccc(NC(C)=O)c1Cl. The van der Waals surface area contributed by atoms with Gasteiger partial charge >= 0.3 is 0 Å². The van der Waals surface area contributed by atoms with Gasteiger partial charge in [-0.2, -0.15) is 0 Å². The molecule has 0 aromatic heterocycles. The molecule has 0 spiro atoms. The van der Waals surface area contributed by atoms with Crippen LogP contribution in [-0.4, -0.2) is 11.0 Å². The van der Waals surface area contributed by atoms with Crippen molar-refractivity contribution >= 4 is 23.2 Å². The smallest absolute Gasteiger partial charge is 0.221 e. The lowest BCUT2D eigenvalue weighted by molar-refractivity contribution is -0.114. The Labute approximate surface area is 100 Å². The molecule has 2 N–H and O–H groups in total. The molecule has 16 heavy (non-hydrogen) atoms. The van der Waals surface area contributed by atoms with Gasteiger partial charge in [-0.3, -0.25) is 4.79 Å². The van der Waals surface area contributed by atoms with E-state index >= 15 is 0 Å². The van der Waals surface area contributed by atoms with Crippen molar-refractivity contribution in [3.05, 3.63) is 28.8 Å². The zero-order valence-corrected chi connectivity index (χ0v) is 10.2. The van der Waals surface area contributed by atoms with Gasteiger partial charge in [-0.15, -0.1) is 0 Å². The van der Waals surface area contributed by atoms with E-state index in [4.69, 9.17) is 11.6 Å². The number of halogens is 1. The molecular formula is C12H16ClNO2. The van der Waals surface area contributed by atoms with Crippen molar-refractivity contribution in [2.45, 2.75) is 32.8 Å². The number of amides is 1. The third-order valence-corrected chi connectivity index (χ3v) is 2.68. The topological polar surface area (TPSA) is 49.3 Å². The largest absolute Gasteiger partial charge is 0.388 e. The molecule has 1 rings (SSSR count). The molecular weight excluding hydrogens is 226 g/mol. The van der Waals surface area contributed by atoms with Gasteiger partial charge in [0, 0.05) is 12.5 Å². The molecule has 0 aliphatic carbocycles. The molecule has 1 aromatic rings. The molecule has 0 bridgehead atoms. The summed E-state index contributed by atoms with van der Waals surface area (Å²) < 4.78 is 0. The lowest BCUT2D eigenvalue weighted by atomic mass is 10.0. The molecule has 0 heterocycles. The van der Waals surface area contributed by atoms with Crippen LogP contribution in [0.25, 0.3) is 0 Å². The summed E-state index contributed by atoms with van der Waals surface area (Å²) in [4.78, 5) is 10.9. The molecule has 0 aliphatic heterocycles. The summed E-state index contributed by atoms with van der Waals surface area (Å²) in [5, 5.41) is 12.9. The number of hydrogen-bond acceptors (Lipinski definition) is 2. The fraction of sp³-hybridized carbons (Fsp3) is 0.417. The number of carbonyl (C=O) groups is 1. The summed E-state index contributed by atoms with van der Waals surface area (Å²) in [6.45, 7) is 3.42. The lowest BCUT2D eigenvalue weighted by Crippen LogP contribution is -2.08. The summed E-state index contributed by atoms with van der Waals surface area (Å²) in [6.07, 6.45) is 0.955. The Kier molecular flexibility index (Phi) is 4.77. The van der Waals surface area contributed by atoms with Gasteiger partial charge in [0.15, 0.2) is 0 Å². The molecule has 1 aromatic carbocycles. The normalized spacial score (nSPS) is 12.2. The van der Waals surface area contributed by atoms with Crippen molar-refractivity contribution in [3.8, 4) is 0 Å². The van der Waals surface area contributed by atoms with E-state index in [1.165, 1.54) is 6.92 Å². The van der Waals surface area contributed by atoms with Crippen LogP contribution in [0.4, 0.5) is 5.69 Å². The zero-order valence-electron chi connectivity index (χ0n) is 9.46. The Morgan fingerprint density at radius 2 is 2.25 bits per heavy atom. The number of benzene rings is 1. The van der Waals surface area contributed by atoms with E-state index in [0.717, 1.165) is 6.42 Å². The summed E-state index contributed by atoms with van der Waals surface area (Å²) in [6, 6.07) is 5.26. The highest BCUT2D eigenvalue weighted by Crippen LogP contribution is 2.31. The Balaban J connectivity index is 2.98. The monoisotopic (exact) mass is 241 g/mol. The van der Waals surface area contributed by atoms with Crippen LogP contribution in [0.1, 0.15) is 38.4 Å². The van der Waals surface area contributed by atoms with E-state index < -0.39 is 6.10 Å². The Morgan fingerprint density at radius 3 is 2.81 bits per heavy atom. The van der Waals surface area contributed by atoms with Crippen LogP contribution in [0.15, 0.2) is 18.2 Å². The van der Waals surface area contributed by atoms with Gasteiger partial charge in [0.05, 0.1) is 16.8 Å². The first-order chi connectivity index (χ1) is 7.56. The van der Waals surface area contributed by atoms with Crippen molar-refractivity contribution in [1.29, 1.82) is 0 Å². The van der Waals surface area contributed by atoms with E-state index in [0.29, 0.717) is 22.7 Å². The third-order valence-electron chi connectivity index (χ3n) is 2.26. The average Bonchev–Trinajstić information content (AvgIpc) is 2.21. The van der Waals surface area contributed by atoms with Crippen LogP contribution in [0.3, 0.4) is 0 Å². The Bertz CT molecular complexity index is 379. The second-order valence-corrected chi connectivity index (χ2v) is 4.07. The average molecular weight is 242 g/mol. The molecule has 1 atom stereocenters. The van der Waals surface area contributed by atoms with E-state index in [2.05, 4.69) is 5.32 Å². The molecule has 0 aliphatic rings. The van der Waals surface area contributed by atoms with Crippen LogP contribution in [-0.2, 0) is 4.79 Å². The summed E-state index contributed by atoms with van der Waals surface area (Å²) in [7, 11) is 0. The highest BCUT2D eigenvalue weighted by Gasteiger charge is 2.13. The molecule has 3 nitrogen and oxygen atoms in total. The minimum atomic E-state index is -0.578. The highest BCUT2D eigenvalue weighted by molar-refractivity contribution is 6.34. The molecule has 0 fully saturated rings. The van der Waals surface area contributed by atoms with E-state index in [9.17, 15) is 9.90 Å². The Hall–Kier alpha value is -1.06. The minimum absolute atomic E-state index is 0.177. The van der Waals surface area contributed by atoms with E-state index in [1.807, 2.05) is 6.92 Å². The number of nitrogens with one attached hydrogen (secondary N) is 1. The van der Waals surface area contributed by atoms with Gasteiger partial charge in [-0.05, 0) is 12.5 Å². The highest BCUT2D eigenvalue weighted by atomic mass is 35.5. The molecule has 1 amide bonds. The number of carbonyl (C=O) groups excluding carboxylic acids is 1. The third kappa shape index (κ3) is 3.22. The number of anilines is 1. The van der Waals surface area contributed by atoms with Crippen molar-refractivity contribution in [2.75, 3.05) is 5.32 Å². The van der Waals surface area contributed by atoms with Gasteiger partial charge in [0.2, 0.25) is 5.91 Å². The second kappa shape index (κ2) is 5.87. The fourth-order valence-electron chi connectivity index (χ4n) is 1.52. The molecule has 88 valence electrons. The minimum Gasteiger partial charge on any atom is -0.388 e. The van der Waals surface area contributed by atoms with Gasteiger partial charge in [0.25, 0.3) is 0 Å². The lowest BCUT2D eigenvalue weighted by Gasteiger charge is -2.14. The van der Waals surface area contributed by atoms with Crippen LogP contribution < -0.4 is 5.32 Å². The quantitative estimate of drug-likeness (QED) is 0.851. The van der Waals surface area contributed by atoms with Gasteiger partial charge in [-0.25, -0.2) is 0 Å². The predicted molar refractivity (Wildman–Crippen MR) is 65.6 cm³/mol. The van der Waals surface area contributed by atoms with Gasteiger partial charge in [-0.1, -0.05) is 37.1 Å². The number of rotatable bonds is 4. The maximum absolute atomic E-state index is 10.9. The van der Waals surface area contributed by atoms with Gasteiger partial charge in [0.1, 0.15) is 0 Å². The van der Waals surface area contributed by atoms with Gasteiger partial charge < -0.3 is 10.4 Å². The first-order valence-corrected chi connectivity index (χ1v) is 5.68. The van der Waals surface area contributed by atoms with Crippen molar-refractivity contribution in [1.82, 2.24) is 0 Å². The van der Waals surface area contributed by atoms with Crippen LogP contribution in [0.5, 0.6) is 0 Å². The summed E-state index contributed by atoms with van der Waals surface area (Å²) in [5.74, 6) is -0.177. The molecule has 0 saturated carbocycles. The van der Waals surface area contributed by atoms with Crippen molar-refractivity contribution < 1.29 is 9.90 Å². The first kappa shape index (κ1) is 13.0. The molecule has 4 heteroatoms. The maximum atomic E-state index is 10.9. The van der Waals surface area contributed by atoms with Crippen molar-refractivity contribution in [3.63, 3.8) is 0 Å². The van der Waals surface area contributed by atoms with Crippen LogP contribution in [0, 0.1) is 0 Å². The van der Waals surface area contributed by atoms with Crippen LogP contribution in [0.2, 0.25) is 5.02 Å². The number of aliphatic hydroxyl groups excluding tert-OH is 1.